The summed E-state index contributed by atoms with van der Waals surface area (Å²) in [7, 11) is 0. The number of nitrogens with zero attached hydrogens (tertiary/aromatic N) is 3. The van der Waals surface area contributed by atoms with E-state index < -0.39 is 23.7 Å². The highest BCUT2D eigenvalue weighted by Crippen LogP contribution is 2.32. The van der Waals surface area contributed by atoms with E-state index in [-0.39, 0.29) is 0 Å². The van der Waals surface area contributed by atoms with Gasteiger partial charge < -0.3 is 5.32 Å². The fraction of sp³-hybridized carbons (Fsp3) is 0.0909. The fourth-order valence-electron chi connectivity index (χ4n) is 3.06. The van der Waals surface area contributed by atoms with E-state index in [0.717, 1.165) is 10.1 Å². The third-order valence-corrected chi connectivity index (χ3v) is 5.90. The summed E-state index contributed by atoms with van der Waals surface area (Å²) in [6.45, 7) is -0.136. The summed E-state index contributed by atoms with van der Waals surface area (Å²) in [5.74, 6) is -0.537. The summed E-state index contributed by atoms with van der Waals surface area (Å²) in [6.07, 6.45) is 1.43. The molecule has 162 valence electrons. The largest absolute Gasteiger partial charge is 0.331 e. The molecule has 0 atom stereocenters. The van der Waals surface area contributed by atoms with Crippen molar-refractivity contribution in [2.45, 2.75) is 13.1 Å². The second-order valence-electron chi connectivity index (χ2n) is 6.85. The Morgan fingerprint density at radius 3 is 2.59 bits per heavy atom. The zero-order chi connectivity index (χ0) is 22.7. The number of carbonyl (C=O) groups excluding carboxylic acids is 1. The number of aromatic nitrogens is 3. The van der Waals surface area contributed by atoms with Crippen LogP contribution in [0, 0.1) is 0 Å². The van der Waals surface area contributed by atoms with Crippen molar-refractivity contribution in [1.29, 1.82) is 0 Å². The molecule has 0 aliphatic carbocycles. The van der Waals surface area contributed by atoms with Gasteiger partial charge in [0.15, 0.2) is 5.13 Å². The molecule has 32 heavy (non-hydrogen) atoms. The van der Waals surface area contributed by atoms with Gasteiger partial charge in [0.05, 0.1) is 17.3 Å². The van der Waals surface area contributed by atoms with Crippen LogP contribution in [-0.2, 0) is 17.9 Å². The van der Waals surface area contributed by atoms with Crippen LogP contribution in [0.4, 0.5) is 5.13 Å². The molecule has 0 bridgehead atoms. The van der Waals surface area contributed by atoms with E-state index in [9.17, 15) is 14.4 Å². The van der Waals surface area contributed by atoms with E-state index in [2.05, 4.69) is 10.3 Å². The second-order valence-corrected chi connectivity index (χ2v) is 8.55. The molecule has 7 nitrogen and oxygen atoms in total. The molecule has 1 amide bonds. The molecule has 0 aliphatic rings. The number of nitrogens with one attached hydrogen (secondary N) is 1. The summed E-state index contributed by atoms with van der Waals surface area (Å²) < 4.78 is 2.27. The molecule has 4 aromatic rings. The standard InChI is InChI=1S/C22H16Cl2N4O3S/c23-15-6-7-16(17(24)10-15)18-13-32-21(25-18)26-19(29)12-28-20(30)8-9-27(22(28)31)11-14-4-2-1-3-5-14/h1-10,13H,11-12H2,(H,25,26,29). The average molecular weight is 487 g/mol. The van der Waals surface area contributed by atoms with Gasteiger partial charge in [0.2, 0.25) is 5.91 Å². The maximum absolute atomic E-state index is 12.7. The van der Waals surface area contributed by atoms with Gasteiger partial charge in [0.1, 0.15) is 6.54 Å². The monoisotopic (exact) mass is 486 g/mol. The lowest BCUT2D eigenvalue weighted by molar-refractivity contribution is -0.116. The van der Waals surface area contributed by atoms with Crippen molar-refractivity contribution in [1.82, 2.24) is 14.1 Å². The van der Waals surface area contributed by atoms with Crippen molar-refractivity contribution < 1.29 is 4.79 Å². The van der Waals surface area contributed by atoms with Crippen molar-refractivity contribution >= 4 is 45.6 Å². The van der Waals surface area contributed by atoms with Crippen LogP contribution in [0.25, 0.3) is 11.3 Å². The minimum absolute atomic E-state index is 0.291. The van der Waals surface area contributed by atoms with Crippen molar-refractivity contribution in [3.8, 4) is 11.3 Å². The Bertz CT molecular complexity index is 1400. The van der Waals surface area contributed by atoms with Gasteiger partial charge in [-0.05, 0) is 23.8 Å². The van der Waals surface area contributed by atoms with Crippen LogP contribution in [0.1, 0.15) is 5.56 Å². The van der Waals surface area contributed by atoms with E-state index in [1.807, 2.05) is 30.3 Å². The first-order valence-electron chi connectivity index (χ1n) is 9.46. The van der Waals surface area contributed by atoms with Gasteiger partial charge in [-0.3, -0.25) is 18.7 Å². The number of benzene rings is 2. The highest BCUT2D eigenvalue weighted by molar-refractivity contribution is 7.14. The van der Waals surface area contributed by atoms with Crippen molar-refractivity contribution in [2.75, 3.05) is 5.32 Å². The number of halogens is 2. The van der Waals surface area contributed by atoms with Gasteiger partial charge in [-0.2, -0.15) is 0 Å². The van der Waals surface area contributed by atoms with Crippen LogP contribution < -0.4 is 16.6 Å². The van der Waals surface area contributed by atoms with E-state index in [4.69, 9.17) is 23.2 Å². The lowest BCUT2D eigenvalue weighted by atomic mass is 10.2. The highest BCUT2D eigenvalue weighted by atomic mass is 35.5. The van der Waals surface area contributed by atoms with Crippen LogP contribution in [0.15, 0.2) is 75.8 Å². The van der Waals surface area contributed by atoms with Gasteiger partial charge in [-0.25, -0.2) is 9.78 Å². The fourth-order valence-corrected chi connectivity index (χ4v) is 4.29. The van der Waals surface area contributed by atoms with Crippen LogP contribution in [0.2, 0.25) is 10.0 Å². The Balaban J connectivity index is 1.50. The molecule has 10 heteroatoms. The zero-order valence-electron chi connectivity index (χ0n) is 16.5. The van der Waals surface area contributed by atoms with Crippen molar-refractivity contribution in [3.05, 3.63) is 103 Å². The Morgan fingerprint density at radius 2 is 1.84 bits per heavy atom. The first kappa shape index (κ1) is 22.0. The predicted octanol–water partition coefficient (Wildman–Crippen LogP) is 4.13. The molecule has 0 aliphatic heterocycles. The number of hydrogen-bond donors (Lipinski definition) is 1. The first-order valence-corrected chi connectivity index (χ1v) is 11.1. The normalized spacial score (nSPS) is 10.8. The molecular weight excluding hydrogens is 471 g/mol. The van der Waals surface area contributed by atoms with Crippen LogP contribution >= 0.6 is 34.5 Å². The van der Waals surface area contributed by atoms with Gasteiger partial charge in [-0.1, -0.05) is 53.5 Å². The Morgan fingerprint density at radius 1 is 1.06 bits per heavy atom. The Hall–Kier alpha value is -3.20. The quantitative estimate of drug-likeness (QED) is 0.443. The number of rotatable bonds is 6. The summed E-state index contributed by atoms with van der Waals surface area (Å²) >= 11 is 13.3. The maximum atomic E-state index is 12.7. The number of thiazole rings is 1. The minimum Gasteiger partial charge on any atom is -0.300 e. The van der Waals surface area contributed by atoms with Crippen molar-refractivity contribution in [3.63, 3.8) is 0 Å². The molecule has 2 heterocycles. The molecule has 0 spiro atoms. The van der Waals surface area contributed by atoms with Gasteiger partial charge >= 0.3 is 5.69 Å². The van der Waals surface area contributed by atoms with E-state index in [1.54, 1.807) is 23.6 Å². The predicted molar refractivity (Wildman–Crippen MR) is 127 cm³/mol. The molecule has 0 saturated carbocycles. The lowest BCUT2D eigenvalue weighted by Gasteiger charge is -2.09. The number of hydrogen-bond acceptors (Lipinski definition) is 5. The van der Waals surface area contributed by atoms with Crippen LogP contribution in [0.3, 0.4) is 0 Å². The van der Waals surface area contributed by atoms with E-state index in [0.29, 0.717) is 33.0 Å². The molecule has 2 aromatic heterocycles. The van der Waals surface area contributed by atoms with E-state index in [1.165, 1.54) is 28.2 Å². The Labute approximate surface area is 196 Å². The van der Waals surface area contributed by atoms with Gasteiger partial charge in [-0.15, -0.1) is 11.3 Å². The van der Waals surface area contributed by atoms with Gasteiger partial charge in [0.25, 0.3) is 5.56 Å². The number of carbonyl (C=O) groups is 1. The van der Waals surface area contributed by atoms with E-state index >= 15 is 0 Å². The molecule has 1 N–H and O–H groups in total. The average Bonchev–Trinajstić information content (AvgIpc) is 3.22. The molecule has 0 radical (unpaired) electrons. The molecule has 2 aromatic carbocycles. The molecule has 0 fully saturated rings. The molecule has 0 unspecified atom stereocenters. The summed E-state index contributed by atoms with van der Waals surface area (Å²) in [6, 6.07) is 15.7. The highest BCUT2D eigenvalue weighted by Gasteiger charge is 2.14. The Kier molecular flexibility index (Phi) is 6.55. The number of anilines is 1. The zero-order valence-corrected chi connectivity index (χ0v) is 18.8. The lowest BCUT2D eigenvalue weighted by Crippen LogP contribution is -2.41. The first-order chi connectivity index (χ1) is 15.4. The molecular formula is C22H16Cl2N4O3S. The third kappa shape index (κ3) is 4.99. The third-order valence-electron chi connectivity index (χ3n) is 4.59. The topological polar surface area (TPSA) is 86.0 Å². The van der Waals surface area contributed by atoms with Crippen LogP contribution in [-0.4, -0.2) is 20.0 Å². The second kappa shape index (κ2) is 9.52. The van der Waals surface area contributed by atoms with Crippen molar-refractivity contribution in [2.24, 2.45) is 0 Å². The SMILES string of the molecule is O=C(Cn1c(=O)ccn(Cc2ccccc2)c1=O)Nc1nc(-c2ccc(Cl)cc2Cl)cs1. The summed E-state index contributed by atoms with van der Waals surface area (Å²) in [5, 5.41) is 5.64. The minimum atomic E-state index is -0.565. The van der Waals surface area contributed by atoms with Gasteiger partial charge in [0, 0.05) is 28.2 Å². The summed E-state index contributed by atoms with van der Waals surface area (Å²) in [4.78, 5) is 41.8. The molecule has 4 rings (SSSR count). The smallest absolute Gasteiger partial charge is 0.300 e. The van der Waals surface area contributed by atoms with Crippen LogP contribution in [0.5, 0.6) is 0 Å². The summed E-state index contributed by atoms with van der Waals surface area (Å²) in [5.41, 5.74) is 1.04. The maximum Gasteiger partial charge on any atom is 0.331 e. The molecule has 0 saturated heterocycles. The number of amides is 1.